The third kappa shape index (κ3) is 2.18. The third-order valence-electron chi connectivity index (χ3n) is 3.34. The molecule has 0 bridgehead atoms. The van der Waals surface area contributed by atoms with E-state index in [2.05, 4.69) is 29.4 Å². The summed E-state index contributed by atoms with van der Waals surface area (Å²) in [6, 6.07) is 8.58. The summed E-state index contributed by atoms with van der Waals surface area (Å²) >= 11 is 1.92. The van der Waals surface area contributed by atoms with Gasteiger partial charge in [0.15, 0.2) is 0 Å². The maximum absolute atomic E-state index is 9.50. The van der Waals surface area contributed by atoms with Gasteiger partial charge < -0.3 is 5.11 Å². The molecule has 0 aliphatic carbocycles. The van der Waals surface area contributed by atoms with Crippen molar-refractivity contribution in [2.75, 3.05) is 5.75 Å². The highest BCUT2D eigenvalue weighted by Gasteiger charge is 2.23. The van der Waals surface area contributed by atoms with Crippen LogP contribution in [0.15, 0.2) is 41.6 Å². The van der Waals surface area contributed by atoms with Crippen LogP contribution in [0.2, 0.25) is 0 Å². The Morgan fingerprint density at radius 3 is 3.11 bits per heavy atom. The molecule has 0 saturated carbocycles. The molecule has 1 aliphatic rings. The van der Waals surface area contributed by atoms with Crippen LogP contribution >= 0.6 is 11.8 Å². The number of rotatable bonds is 3. The maximum atomic E-state index is 9.50. The van der Waals surface area contributed by atoms with Gasteiger partial charge in [-0.15, -0.1) is 11.8 Å². The van der Waals surface area contributed by atoms with Crippen LogP contribution in [0.25, 0.3) is 0 Å². The van der Waals surface area contributed by atoms with Crippen molar-refractivity contribution in [1.82, 2.24) is 9.78 Å². The Bertz CT molecular complexity index is 550. The largest absolute Gasteiger partial charge is 0.389 e. The van der Waals surface area contributed by atoms with Crippen molar-refractivity contribution in [2.24, 2.45) is 0 Å². The number of hydrogen-bond acceptors (Lipinski definition) is 3. The molecule has 0 fully saturated rings. The summed E-state index contributed by atoms with van der Waals surface area (Å²) in [4.78, 5) is 1.39. The molecule has 1 aliphatic heterocycles. The van der Waals surface area contributed by atoms with Crippen LogP contribution in [0.4, 0.5) is 0 Å². The highest BCUT2D eigenvalue weighted by atomic mass is 32.2. The van der Waals surface area contributed by atoms with Gasteiger partial charge in [-0.25, -0.2) is 0 Å². The number of hydrogen-bond donors (Lipinski definition) is 1. The van der Waals surface area contributed by atoms with Crippen molar-refractivity contribution in [2.45, 2.75) is 30.4 Å². The Labute approximate surface area is 111 Å². The Hall–Kier alpha value is -1.26. The fraction of sp³-hybridized carbons (Fsp3) is 0.357. The van der Waals surface area contributed by atoms with Crippen LogP contribution < -0.4 is 0 Å². The number of aliphatic hydroxyl groups excluding tert-OH is 1. The maximum Gasteiger partial charge on any atom is 0.0792 e. The molecule has 2 atom stereocenters. The predicted molar refractivity (Wildman–Crippen MR) is 72.8 cm³/mol. The fourth-order valence-corrected chi connectivity index (χ4v) is 3.54. The van der Waals surface area contributed by atoms with Crippen molar-refractivity contribution < 1.29 is 5.11 Å². The molecule has 1 N–H and O–H groups in total. The highest BCUT2D eigenvalue weighted by Crippen LogP contribution is 2.39. The molecule has 2 aromatic rings. The minimum Gasteiger partial charge on any atom is -0.389 e. The van der Waals surface area contributed by atoms with Gasteiger partial charge in [-0.2, -0.15) is 5.10 Å². The molecule has 0 saturated heterocycles. The van der Waals surface area contributed by atoms with Crippen LogP contribution in [-0.2, 0) is 6.54 Å². The molecule has 0 spiro atoms. The molecule has 2 heterocycles. The quantitative estimate of drug-likeness (QED) is 0.922. The second-order valence-corrected chi connectivity index (χ2v) is 5.78. The molecule has 1 aromatic heterocycles. The lowest BCUT2D eigenvalue weighted by Crippen LogP contribution is -2.09. The second kappa shape index (κ2) is 4.78. The van der Waals surface area contributed by atoms with Crippen LogP contribution in [0.3, 0.4) is 0 Å². The lowest BCUT2D eigenvalue weighted by Gasteiger charge is -2.10. The zero-order valence-electron chi connectivity index (χ0n) is 10.3. The molecule has 3 rings (SSSR count). The van der Waals surface area contributed by atoms with E-state index in [4.69, 9.17) is 0 Å². The molecular weight excluding hydrogens is 244 g/mol. The Balaban J connectivity index is 1.78. The molecule has 4 heteroatoms. The van der Waals surface area contributed by atoms with Gasteiger partial charge in [-0.05, 0) is 18.6 Å². The topological polar surface area (TPSA) is 38.1 Å². The van der Waals surface area contributed by atoms with Gasteiger partial charge in [0.1, 0.15) is 0 Å². The Morgan fingerprint density at radius 1 is 1.50 bits per heavy atom. The molecule has 3 nitrogen and oxygen atoms in total. The molecule has 0 amide bonds. The smallest absolute Gasteiger partial charge is 0.0792 e. The van der Waals surface area contributed by atoms with Gasteiger partial charge in [0.25, 0.3) is 0 Å². The van der Waals surface area contributed by atoms with Gasteiger partial charge in [-0.3, -0.25) is 4.68 Å². The molecule has 94 valence electrons. The molecule has 0 radical (unpaired) electrons. The number of aromatic nitrogens is 2. The van der Waals surface area contributed by atoms with Crippen LogP contribution in [0.1, 0.15) is 30.1 Å². The first-order valence-electron chi connectivity index (χ1n) is 6.16. The average Bonchev–Trinajstić information content (AvgIpc) is 2.98. The minimum atomic E-state index is -0.441. The summed E-state index contributed by atoms with van der Waals surface area (Å²) in [7, 11) is 0. The van der Waals surface area contributed by atoms with Crippen molar-refractivity contribution >= 4 is 11.8 Å². The van der Waals surface area contributed by atoms with E-state index in [1.807, 2.05) is 22.6 Å². The standard InChI is InChI=1S/C14H16N2OS/c1-10(17)11-6-15-16(7-11)8-12-9-18-14-5-3-2-4-13(12)14/h2-7,10,12,17H,8-9H2,1H3. The summed E-state index contributed by atoms with van der Waals surface area (Å²) in [6.07, 6.45) is 3.25. The first kappa shape index (κ1) is 11.8. The van der Waals surface area contributed by atoms with E-state index >= 15 is 0 Å². The Kier molecular flexibility index (Phi) is 3.14. The zero-order valence-corrected chi connectivity index (χ0v) is 11.1. The number of aliphatic hydroxyl groups is 1. The van der Waals surface area contributed by atoms with Gasteiger partial charge in [0.05, 0.1) is 12.3 Å². The van der Waals surface area contributed by atoms with Gasteiger partial charge in [-0.1, -0.05) is 18.2 Å². The summed E-state index contributed by atoms with van der Waals surface area (Å²) in [5.41, 5.74) is 2.31. The molecular formula is C14H16N2OS. The summed E-state index contributed by atoms with van der Waals surface area (Å²) in [5, 5.41) is 13.8. The predicted octanol–water partition coefficient (Wildman–Crippen LogP) is 2.83. The average molecular weight is 260 g/mol. The van der Waals surface area contributed by atoms with Crippen molar-refractivity contribution in [1.29, 1.82) is 0 Å². The normalized spacial score (nSPS) is 19.8. The summed E-state index contributed by atoms with van der Waals surface area (Å²) < 4.78 is 1.94. The van der Waals surface area contributed by atoms with Crippen molar-refractivity contribution in [3.63, 3.8) is 0 Å². The fourth-order valence-electron chi connectivity index (χ4n) is 2.30. The number of thioether (sulfide) groups is 1. The molecule has 2 unspecified atom stereocenters. The van der Waals surface area contributed by atoms with Crippen LogP contribution in [-0.4, -0.2) is 20.6 Å². The van der Waals surface area contributed by atoms with Gasteiger partial charge >= 0.3 is 0 Å². The zero-order chi connectivity index (χ0) is 12.5. The monoisotopic (exact) mass is 260 g/mol. The van der Waals surface area contributed by atoms with E-state index in [-0.39, 0.29) is 0 Å². The third-order valence-corrected chi connectivity index (χ3v) is 4.59. The second-order valence-electron chi connectivity index (χ2n) is 4.72. The van der Waals surface area contributed by atoms with Crippen molar-refractivity contribution in [3.05, 3.63) is 47.8 Å². The molecule has 18 heavy (non-hydrogen) atoms. The number of nitrogens with zero attached hydrogens (tertiary/aromatic N) is 2. The molecule has 1 aromatic carbocycles. The van der Waals surface area contributed by atoms with Crippen LogP contribution in [0.5, 0.6) is 0 Å². The van der Waals surface area contributed by atoms with Crippen LogP contribution in [0, 0.1) is 0 Å². The number of benzene rings is 1. The van der Waals surface area contributed by atoms with E-state index in [0.29, 0.717) is 5.92 Å². The van der Waals surface area contributed by atoms with E-state index in [1.165, 1.54) is 10.5 Å². The van der Waals surface area contributed by atoms with E-state index in [9.17, 15) is 5.11 Å². The van der Waals surface area contributed by atoms with Gasteiger partial charge in [0.2, 0.25) is 0 Å². The van der Waals surface area contributed by atoms with Gasteiger partial charge in [0, 0.05) is 34.9 Å². The lowest BCUT2D eigenvalue weighted by molar-refractivity contribution is 0.199. The van der Waals surface area contributed by atoms with Crippen molar-refractivity contribution in [3.8, 4) is 0 Å². The lowest BCUT2D eigenvalue weighted by atomic mass is 10.0. The summed E-state index contributed by atoms with van der Waals surface area (Å²) in [5.74, 6) is 1.64. The number of fused-ring (bicyclic) bond motifs is 1. The first-order valence-corrected chi connectivity index (χ1v) is 7.15. The van der Waals surface area contributed by atoms with E-state index in [0.717, 1.165) is 17.9 Å². The van der Waals surface area contributed by atoms with E-state index < -0.39 is 6.10 Å². The Morgan fingerprint density at radius 2 is 2.33 bits per heavy atom. The SMILES string of the molecule is CC(O)c1cnn(CC2CSc3ccccc32)c1. The van der Waals surface area contributed by atoms with E-state index in [1.54, 1.807) is 13.1 Å². The minimum absolute atomic E-state index is 0.441. The highest BCUT2D eigenvalue weighted by molar-refractivity contribution is 7.99. The summed E-state index contributed by atoms with van der Waals surface area (Å²) in [6.45, 7) is 2.65. The first-order chi connectivity index (χ1) is 8.74.